The number of anilines is 1. The zero-order chi connectivity index (χ0) is 27.3. The van der Waals surface area contributed by atoms with Crippen LogP contribution in [0.25, 0.3) is 0 Å². The smallest absolute Gasteiger partial charge is 0.375 e. The third kappa shape index (κ3) is 7.21. The van der Waals surface area contributed by atoms with E-state index in [9.17, 15) is 22.8 Å². The van der Waals surface area contributed by atoms with Crippen molar-refractivity contribution in [3.63, 3.8) is 0 Å². The summed E-state index contributed by atoms with van der Waals surface area (Å²) in [6, 6.07) is 7.33. The van der Waals surface area contributed by atoms with Gasteiger partial charge in [-0.05, 0) is 57.0 Å². The Hall–Kier alpha value is -2.69. The van der Waals surface area contributed by atoms with Crippen molar-refractivity contribution in [2.24, 2.45) is 0 Å². The van der Waals surface area contributed by atoms with E-state index >= 15 is 0 Å². The molecule has 0 saturated heterocycles. The average molecular weight is 541 g/mol. The third-order valence-electron chi connectivity index (χ3n) is 6.38. The maximum absolute atomic E-state index is 13.7. The van der Waals surface area contributed by atoms with Crippen LogP contribution in [-0.4, -0.2) is 72.5 Å². The molecule has 1 aromatic heterocycles. The topological polar surface area (TPSA) is 66.0 Å². The number of aromatic nitrogens is 1. The van der Waals surface area contributed by atoms with Gasteiger partial charge >= 0.3 is 6.18 Å². The summed E-state index contributed by atoms with van der Waals surface area (Å²) in [6.07, 6.45) is -3.91. The number of fused-ring (bicyclic) bond motifs is 1. The molecule has 11 heteroatoms. The van der Waals surface area contributed by atoms with E-state index in [0.717, 1.165) is 6.07 Å². The fourth-order valence-corrected chi connectivity index (χ4v) is 4.55. The van der Waals surface area contributed by atoms with Crippen molar-refractivity contribution in [1.29, 1.82) is 0 Å². The van der Waals surface area contributed by atoms with E-state index in [1.807, 2.05) is 0 Å². The summed E-state index contributed by atoms with van der Waals surface area (Å²) in [6.45, 7) is 7.55. The summed E-state index contributed by atoms with van der Waals surface area (Å²) < 4.78 is 44.5. The van der Waals surface area contributed by atoms with Crippen molar-refractivity contribution < 1.29 is 27.5 Å². The number of methoxy groups -OCH3 is 1. The Labute approximate surface area is 220 Å². The lowest BCUT2D eigenvalue weighted by Crippen LogP contribution is -2.41. The largest absolute Gasteiger partial charge is 0.433 e. The molecule has 1 aromatic carbocycles. The molecule has 7 nitrogen and oxygen atoms in total. The number of alkyl halides is 3. The molecular formula is C26H32ClF3N4O3. The average Bonchev–Trinajstić information content (AvgIpc) is 2.85. The van der Waals surface area contributed by atoms with Gasteiger partial charge in [-0.3, -0.25) is 14.5 Å². The number of carbonyl (C=O) groups excluding carboxylic acids is 2. The second-order valence-electron chi connectivity index (χ2n) is 9.29. The molecule has 0 unspecified atom stereocenters. The quantitative estimate of drug-likeness (QED) is 0.557. The van der Waals surface area contributed by atoms with Crippen LogP contribution in [0.2, 0.25) is 5.02 Å². The Kier molecular flexibility index (Phi) is 9.55. The Morgan fingerprint density at radius 3 is 2.46 bits per heavy atom. The van der Waals surface area contributed by atoms with E-state index in [0.29, 0.717) is 48.9 Å². The van der Waals surface area contributed by atoms with Gasteiger partial charge in [0.15, 0.2) is 0 Å². The van der Waals surface area contributed by atoms with Crippen LogP contribution >= 0.6 is 11.6 Å². The molecule has 0 fully saturated rings. The molecule has 3 rings (SSSR count). The highest BCUT2D eigenvalue weighted by Gasteiger charge is 2.33. The normalized spacial score (nSPS) is 15.9. The number of hydrogen-bond donors (Lipinski definition) is 0. The summed E-state index contributed by atoms with van der Waals surface area (Å²) in [5.41, 5.74) is 0.326. The molecule has 202 valence electrons. The van der Waals surface area contributed by atoms with Gasteiger partial charge in [0, 0.05) is 50.9 Å². The first-order valence-corrected chi connectivity index (χ1v) is 12.5. The van der Waals surface area contributed by atoms with Crippen LogP contribution in [0.15, 0.2) is 30.3 Å². The zero-order valence-electron chi connectivity index (χ0n) is 21.4. The highest BCUT2D eigenvalue weighted by molar-refractivity contribution is 6.31. The fraction of sp³-hybridized carbons (Fsp3) is 0.500. The lowest BCUT2D eigenvalue weighted by Gasteiger charge is -2.30. The molecular weight excluding hydrogens is 509 g/mol. The molecule has 1 aliphatic rings. The number of ether oxygens (including phenoxy) is 1. The van der Waals surface area contributed by atoms with Crippen LogP contribution in [0.1, 0.15) is 47.6 Å². The van der Waals surface area contributed by atoms with Gasteiger partial charge in [-0.2, -0.15) is 13.2 Å². The monoisotopic (exact) mass is 540 g/mol. The Balaban J connectivity index is 2.05. The number of nitrogens with zero attached hydrogens (tertiary/aromatic N) is 4. The predicted molar refractivity (Wildman–Crippen MR) is 136 cm³/mol. The molecule has 1 aliphatic heterocycles. The van der Waals surface area contributed by atoms with E-state index in [1.165, 1.54) is 20.1 Å². The fourth-order valence-electron chi connectivity index (χ4n) is 4.39. The first-order valence-electron chi connectivity index (χ1n) is 12.1. The number of aryl methyl sites for hydroxylation is 1. The minimum atomic E-state index is -4.60. The Morgan fingerprint density at radius 2 is 1.84 bits per heavy atom. The van der Waals surface area contributed by atoms with Crippen molar-refractivity contribution in [2.45, 2.75) is 46.0 Å². The summed E-state index contributed by atoms with van der Waals surface area (Å²) in [5.74, 6) is -0.667. The van der Waals surface area contributed by atoms with E-state index in [4.69, 9.17) is 16.3 Å². The molecule has 2 amide bonds. The zero-order valence-corrected chi connectivity index (χ0v) is 22.2. The van der Waals surface area contributed by atoms with Crippen LogP contribution in [0, 0.1) is 6.92 Å². The van der Waals surface area contributed by atoms with Crippen molar-refractivity contribution >= 4 is 29.1 Å². The lowest BCUT2D eigenvalue weighted by molar-refractivity contribution is -0.141. The standard InChI is InChI=1S/C26H32ClF3N4O3/c1-17(2)32-10-5-11-34(24(35)16-37-4)22-14-20(27)7-6-19(22)15-33(13-12-32)25(36)21-8-9-23(26(28,29)30)31-18(21)3/h6-9,14,17H,5,10-13,15-16H2,1-4H3. The number of amides is 2. The van der Waals surface area contributed by atoms with Gasteiger partial charge < -0.3 is 14.5 Å². The number of rotatable bonds is 4. The Bertz CT molecular complexity index is 1130. The molecule has 2 aromatic rings. The van der Waals surface area contributed by atoms with Crippen molar-refractivity contribution in [3.8, 4) is 0 Å². The van der Waals surface area contributed by atoms with Gasteiger partial charge in [0.1, 0.15) is 12.3 Å². The maximum Gasteiger partial charge on any atom is 0.433 e. The van der Waals surface area contributed by atoms with Crippen LogP contribution in [0.4, 0.5) is 18.9 Å². The summed E-state index contributed by atoms with van der Waals surface area (Å²) in [7, 11) is 1.45. The highest BCUT2D eigenvalue weighted by atomic mass is 35.5. The summed E-state index contributed by atoms with van der Waals surface area (Å²) in [4.78, 5) is 35.7. The van der Waals surface area contributed by atoms with Crippen molar-refractivity contribution in [3.05, 3.63) is 57.9 Å². The van der Waals surface area contributed by atoms with Gasteiger partial charge in [0.25, 0.3) is 11.8 Å². The number of pyridine rings is 1. The summed E-state index contributed by atoms with van der Waals surface area (Å²) >= 11 is 6.30. The van der Waals surface area contributed by atoms with E-state index in [-0.39, 0.29) is 36.4 Å². The predicted octanol–water partition coefficient (Wildman–Crippen LogP) is 4.80. The molecule has 0 N–H and O–H groups in total. The summed E-state index contributed by atoms with van der Waals surface area (Å²) in [5, 5.41) is 0.438. The molecule has 0 aliphatic carbocycles. The second-order valence-corrected chi connectivity index (χ2v) is 9.73. The van der Waals surface area contributed by atoms with Gasteiger partial charge in [0.2, 0.25) is 0 Å². The van der Waals surface area contributed by atoms with Crippen LogP contribution in [-0.2, 0) is 22.3 Å². The number of halogens is 4. The molecule has 0 saturated carbocycles. The second kappa shape index (κ2) is 12.2. The number of carbonyl (C=O) groups is 2. The third-order valence-corrected chi connectivity index (χ3v) is 6.61. The minimum Gasteiger partial charge on any atom is -0.375 e. The first-order chi connectivity index (χ1) is 17.4. The van der Waals surface area contributed by atoms with Crippen LogP contribution < -0.4 is 4.90 Å². The van der Waals surface area contributed by atoms with E-state index in [2.05, 4.69) is 23.7 Å². The van der Waals surface area contributed by atoms with Crippen LogP contribution in [0.3, 0.4) is 0 Å². The number of hydrogen-bond acceptors (Lipinski definition) is 5. The lowest BCUT2D eigenvalue weighted by atomic mass is 10.1. The molecule has 0 radical (unpaired) electrons. The minimum absolute atomic E-state index is 0.00286. The number of benzene rings is 1. The molecule has 0 spiro atoms. The van der Waals surface area contributed by atoms with Gasteiger partial charge in [-0.1, -0.05) is 17.7 Å². The van der Waals surface area contributed by atoms with E-state index < -0.39 is 17.8 Å². The van der Waals surface area contributed by atoms with E-state index in [1.54, 1.807) is 28.0 Å². The van der Waals surface area contributed by atoms with Gasteiger partial charge in [-0.25, -0.2) is 4.98 Å². The van der Waals surface area contributed by atoms with Gasteiger partial charge in [-0.15, -0.1) is 0 Å². The van der Waals surface area contributed by atoms with Crippen LogP contribution in [0.5, 0.6) is 0 Å². The van der Waals surface area contributed by atoms with Crippen molar-refractivity contribution in [2.75, 3.05) is 44.8 Å². The molecule has 0 atom stereocenters. The molecule has 0 bridgehead atoms. The molecule has 2 heterocycles. The van der Waals surface area contributed by atoms with Crippen molar-refractivity contribution in [1.82, 2.24) is 14.8 Å². The molecule has 37 heavy (non-hydrogen) atoms. The highest BCUT2D eigenvalue weighted by Crippen LogP contribution is 2.30. The Morgan fingerprint density at radius 1 is 1.11 bits per heavy atom. The maximum atomic E-state index is 13.7. The SMILES string of the molecule is COCC(=O)N1CCCN(C(C)C)CCN(C(=O)c2ccc(C(F)(F)F)nc2C)Cc2ccc(Cl)cc21. The first kappa shape index (κ1) is 28.9. The van der Waals surface area contributed by atoms with Gasteiger partial charge in [0.05, 0.1) is 16.9 Å².